The predicted molar refractivity (Wildman–Crippen MR) is 128 cm³/mol. The van der Waals surface area contributed by atoms with E-state index in [4.69, 9.17) is 0 Å². The summed E-state index contributed by atoms with van der Waals surface area (Å²) in [4.78, 5) is 0. The molecule has 0 atom stereocenters. The second kappa shape index (κ2) is 5.81. The molecule has 0 radical (unpaired) electrons. The standard InChI is InChI=1S/C26H30Si2/c1-17-7-9-21-19-11-12-20-22-10-8-18(2)14-26(22)28(5,6)16-24(20)23(19)15-27(3,4)25(21)13-17/h7-14H,15-16H2,1-6H3. The molecule has 5 rings (SSSR count). The summed E-state index contributed by atoms with van der Waals surface area (Å²) in [5.74, 6) is 0. The predicted octanol–water partition coefficient (Wildman–Crippen LogP) is 5.66. The van der Waals surface area contributed by atoms with Crippen LogP contribution >= 0.6 is 0 Å². The zero-order chi connectivity index (χ0) is 19.8. The molecular weight excluding hydrogens is 368 g/mol. The van der Waals surface area contributed by atoms with E-state index < -0.39 is 16.1 Å². The molecule has 0 nitrogen and oxygen atoms in total. The number of benzene rings is 3. The Morgan fingerprint density at radius 2 is 0.893 bits per heavy atom. The molecule has 0 N–H and O–H groups in total. The molecule has 2 heteroatoms. The molecule has 0 aromatic heterocycles. The van der Waals surface area contributed by atoms with E-state index in [0.29, 0.717) is 0 Å². The molecule has 3 aromatic rings. The van der Waals surface area contributed by atoms with Crippen molar-refractivity contribution in [1.29, 1.82) is 0 Å². The van der Waals surface area contributed by atoms with Crippen LogP contribution in [-0.2, 0) is 12.1 Å². The van der Waals surface area contributed by atoms with Crippen LogP contribution in [0.15, 0.2) is 48.5 Å². The first kappa shape index (κ1) is 18.1. The van der Waals surface area contributed by atoms with Gasteiger partial charge >= 0.3 is 0 Å². The van der Waals surface area contributed by atoms with Gasteiger partial charge in [-0.05, 0) is 59.3 Å². The number of aryl methyl sites for hydroxylation is 2. The van der Waals surface area contributed by atoms with Crippen molar-refractivity contribution in [3.63, 3.8) is 0 Å². The highest BCUT2D eigenvalue weighted by Crippen LogP contribution is 2.42. The summed E-state index contributed by atoms with van der Waals surface area (Å²) in [6.45, 7) is 14.7. The Morgan fingerprint density at radius 1 is 0.536 bits per heavy atom. The lowest BCUT2D eigenvalue weighted by atomic mass is 9.89. The van der Waals surface area contributed by atoms with Gasteiger partial charge in [-0.15, -0.1) is 0 Å². The molecule has 0 saturated carbocycles. The highest BCUT2D eigenvalue weighted by Gasteiger charge is 2.39. The summed E-state index contributed by atoms with van der Waals surface area (Å²) >= 11 is 0. The summed E-state index contributed by atoms with van der Waals surface area (Å²) in [5, 5.41) is 3.31. The van der Waals surface area contributed by atoms with E-state index in [1.54, 1.807) is 21.5 Å². The normalized spacial score (nSPS) is 17.9. The Hall–Kier alpha value is -1.91. The summed E-state index contributed by atoms with van der Waals surface area (Å²) in [5.41, 5.74) is 12.2. The fourth-order valence-corrected chi connectivity index (χ4v) is 11.7. The van der Waals surface area contributed by atoms with Gasteiger partial charge in [0.15, 0.2) is 0 Å². The average Bonchev–Trinajstić information content (AvgIpc) is 2.62. The maximum Gasteiger partial charge on any atom is 0.0857 e. The number of rotatable bonds is 0. The molecule has 2 aliphatic rings. The van der Waals surface area contributed by atoms with Gasteiger partial charge in [0, 0.05) is 0 Å². The lowest BCUT2D eigenvalue weighted by Gasteiger charge is -2.39. The maximum atomic E-state index is 2.57. The second-order valence-electron chi connectivity index (χ2n) is 10.3. The van der Waals surface area contributed by atoms with Crippen LogP contribution < -0.4 is 10.4 Å². The van der Waals surface area contributed by atoms with E-state index in [1.165, 1.54) is 45.5 Å². The molecule has 0 amide bonds. The van der Waals surface area contributed by atoms with Crippen molar-refractivity contribution in [3.05, 3.63) is 70.8 Å². The first-order valence-electron chi connectivity index (χ1n) is 10.6. The molecule has 0 spiro atoms. The summed E-state index contributed by atoms with van der Waals surface area (Å²) in [7, 11) is -2.97. The van der Waals surface area contributed by atoms with Crippen LogP contribution in [0.3, 0.4) is 0 Å². The zero-order valence-corrected chi connectivity index (χ0v) is 20.0. The van der Waals surface area contributed by atoms with Crippen molar-refractivity contribution >= 4 is 26.5 Å². The van der Waals surface area contributed by atoms with Crippen molar-refractivity contribution < 1.29 is 0 Å². The number of fused-ring (bicyclic) bond motifs is 7. The Bertz CT molecular complexity index is 1040. The molecule has 0 fully saturated rings. The minimum absolute atomic E-state index is 1.29. The minimum atomic E-state index is -1.48. The van der Waals surface area contributed by atoms with Crippen LogP contribution in [0.1, 0.15) is 22.3 Å². The molecule has 0 unspecified atom stereocenters. The Balaban J connectivity index is 1.81. The van der Waals surface area contributed by atoms with Crippen LogP contribution in [0.4, 0.5) is 0 Å². The van der Waals surface area contributed by atoms with Crippen molar-refractivity contribution in [3.8, 4) is 22.3 Å². The summed E-state index contributed by atoms with van der Waals surface area (Å²) in [6.07, 6.45) is 0. The van der Waals surface area contributed by atoms with Crippen molar-refractivity contribution in [1.82, 2.24) is 0 Å². The average molecular weight is 399 g/mol. The van der Waals surface area contributed by atoms with Crippen LogP contribution in [0, 0.1) is 13.8 Å². The Kier molecular flexibility index (Phi) is 3.76. The molecule has 2 aliphatic heterocycles. The lowest BCUT2D eigenvalue weighted by molar-refractivity contribution is 1.18. The van der Waals surface area contributed by atoms with Crippen molar-refractivity contribution in [2.75, 3.05) is 0 Å². The fourth-order valence-electron chi connectivity index (χ4n) is 5.58. The third-order valence-electron chi connectivity index (χ3n) is 7.06. The van der Waals surface area contributed by atoms with Gasteiger partial charge in [-0.1, -0.05) is 96.2 Å². The molecule has 0 saturated heterocycles. The molecule has 2 heterocycles. The maximum absolute atomic E-state index is 2.57. The first-order valence-corrected chi connectivity index (χ1v) is 17.0. The minimum Gasteiger partial charge on any atom is -0.0652 e. The Morgan fingerprint density at radius 3 is 1.29 bits per heavy atom. The first-order chi connectivity index (χ1) is 13.2. The molecule has 142 valence electrons. The van der Waals surface area contributed by atoms with Gasteiger partial charge < -0.3 is 0 Å². The monoisotopic (exact) mass is 398 g/mol. The highest BCUT2D eigenvalue weighted by atomic mass is 28.3. The lowest BCUT2D eigenvalue weighted by Crippen LogP contribution is -2.50. The smallest absolute Gasteiger partial charge is 0.0652 e. The Labute approximate surface area is 171 Å². The van der Waals surface area contributed by atoms with E-state index >= 15 is 0 Å². The number of hydrogen-bond donors (Lipinski definition) is 0. The quantitative estimate of drug-likeness (QED) is 0.429. The molecule has 28 heavy (non-hydrogen) atoms. The van der Waals surface area contributed by atoms with Gasteiger partial charge in [0.05, 0.1) is 16.1 Å². The zero-order valence-electron chi connectivity index (χ0n) is 18.0. The van der Waals surface area contributed by atoms with Gasteiger partial charge in [-0.25, -0.2) is 0 Å². The highest BCUT2D eigenvalue weighted by molar-refractivity contribution is 6.92. The van der Waals surface area contributed by atoms with E-state index in [0.717, 1.165) is 0 Å². The van der Waals surface area contributed by atoms with Gasteiger partial charge in [0.2, 0.25) is 0 Å². The van der Waals surface area contributed by atoms with E-state index in [-0.39, 0.29) is 0 Å². The van der Waals surface area contributed by atoms with Gasteiger partial charge in [0.25, 0.3) is 0 Å². The third-order valence-corrected chi connectivity index (χ3v) is 13.3. The van der Waals surface area contributed by atoms with Gasteiger partial charge in [-0.3, -0.25) is 0 Å². The largest absolute Gasteiger partial charge is 0.0857 e. The topological polar surface area (TPSA) is 0 Å². The molecule has 0 aliphatic carbocycles. The molecular formula is C26H30Si2. The van der Waals surface area contributed by atoms with Crippen molar-refractivity contribution in [2.24, 2.45) is 0 Å². The van der Waals surface area contributed by atoms with Crippen LogP contribution in [0.25, 0.3) is 22.3 Å². The van der Waals surface area contributed by atoms with E-state index in [9.17, 15) is 0 Å². The molecule has 3 aromatic carbocycles. The fraction of sp³-hybridized carbons (Fsp3) is 0.308. The summed E-state index contributed by atoms with van der Waals surface area (Å²) < 4.78 is 0. The SMILES string of the molecule is Cc1ccc2c(c1)[Si](C)(C)Cc1c-2ccc2c1C[Si](C)(C)c1cc(C)ccc1-2. The third kappa shape index (κ3) is 2.54. The van der Waals surface area contributed by atoms with Crippen LogP contribution in [0.5, 0.6) is 0 Å². The molecule has 0 bridgehead atoms. The van der Waals surface area contributed by atoms with Gasteiger partial charge in [-0.2, -0.15) is 0 Å². The van der Waals surface area contributed by atoms with Crippen LogP contribution in [-0.4, -0.2) is 16.1 Å². The number of hydrogen-bond acceptors (Lipinski definition) is 0. The summed E-state index contributed by atoms with van der Waals surface area (Å²) in [6, 6.07) is 21.8. The second-order valence-corrected chi connectivity index (χ2v) is 19.7. The van der Waals surface area contributed by atoms with E-state index in [2.05, 4.69) is 88.6 Å². The van der Waals surface area contributed by atoms with Gasteiger partial charge in [0.1, 0.15) is 0 Å². The van der Waals surface area contributed by atoms with Crippen LogP contribution in [0.2, 0.25) is 26.2 Å². The van der Waals surface area contributed by atoms with Crippen molar-refractivity contribution in [2.45, 2.75) is 52.1 Å². The van der Waals surface area contributed by atoms with E-state index in [1.807, 2.05) is 0 Å².